The van der Waals surface area contributed by atoms with Crippen LogP contribution in [0.5, 0.6) is 0 Å². The smallest absolute Gasteiger partial charge is 0.0551 e. The van der Waals surface area contributed by atoms with Crippen molar-refractivity contribution in [2.24, 2.45) is 5.73 Å². The van der Waals surface area contributed by atoms with Gasteiger partial charge in [0.05, 0.1) is 5.02 Å². The zero-order valence-corrected chi connectivity index (χ0v) is 13.4. The van der Waals surface area contributed by atoms with E-state index in [0.717, 1.165) is 16.5 Å². The minimum Gasteiger partial charge on any atom is -0.324 e. The molecule has 0 radical (unpaired) electrons. The summed E-state index contributed by atoms with van der Waals surface area (Å²) in [4.78, 5) is 0. The Morgan fingerprint density at radius 2 is 1.89 bits per heavy atom. The van der Waals surface area contributed by atoms with E-state index >= 15 is 0 Å². The molecule has 19 heavy (non-hydrogen) atoms. The molecular weight excluding hydrogens is 322 g/mol. The van der Waals surface area contributed by atoms with E-state index in [1.165, 1.54) is 16.7 Å². The Kier molecular flexibility index (Phi) is 4.67. The van der Waals surface area contributed by atoms with E-state index in [-0.39, 0.29) is 6.04 Å². The maximum absolute atomic E-state index is 6.29. The Labute approximate surface area is 127 Å². The Balaban J connectivity index is 2.22. The number of halogens is 2. The Morgan fingerprint density at radius 3 is 2.58 bits per heavy atom. The maximum Gasteiger partial charge on any atom is 0.0551 e. The van der Waals surface area contributed by atoms with Gasteiger partial charge in [0.15, 0.2) is 0 Å². The fraction of sp³-hybridized carbons (Fsp3) is 0.250. The van der Waals surface area contributed by atoms with Gasteiger partial charge < -0.3 is 5.73 Å². The van der Waals surface area contributed by atoms with Gasteiger partial charge in [0.25, 0.3) is 0 Å². The molecule has 0 bridgehead atoms. The van der Waals surface area contributed by atoms with Gasteiger partial charge in [-0.3, -0.25) is 0 Å². The third kappa shape index (κ3) is 3.59. The van der Waals surface area contributed by atoms with Gasteiger partial charge in [-0.15, -0.1) is 0 Å². The van der Waals surface area contributed by atoms with E-state index in [1.807, 2.05) is 18.2 Å². The second-order valence-electron chi connectivity index (χ2n) is 4.91. The van der Waals surface area contributed by atoms with E-state index in [2.05, 4.69) is 48.0 Å². The van der Waals surface area contributed by atoms with Crippen LogP contribution in [-0.4, -0.2) is 0 Å². The van der Waals surface area contributed by atoms with Crippen LogP contribution in [0.15, 0.2) is 40.9 Å². The van der Waals surface area contributed by atoms with Crippen molar-refractivity contribution in [2.45, 2.75) is 26.3 Å². The fourth-order valence-electron chi connectivity index (χ4n) is 2.12. The first kappa shape index (κ1) is 14.6. The van der Waals surface area contributed by atoms with Crippen LogP contribution in [0.25, 0.3) is 0 Å². The third-order valence-corrected chi connectivity index (χ3v) is 4.55. The summed E-state index contributed by atoms with van der Waals surface area (Å²) in [6, 6.07) is 12.3. The summed E-state index contributed by atoms with van der Waals surface area (Å²) in [7, 11) is 0. The van der Waals surface area contributed by atoms with E-state index in [4.69, 9.17) is 17.3 Å². The van der Waals surface area contributed by atoms with Crippen molar-refractivity contribution in [3.8, 4) is 0 Å². The molecule has 3 heteroatoms. The molecule has 0 fully saturated rings. The lowest BCUT2D eigenvalue weighted by Gasteiger charge is -2.15. The first-order valence-electron chi connectivity index (χ1n) is 6.24. The maximum atomic E-state index is 6.29. The van der Waals surface area contributed by atoms with Gasteiger partial charge in [-0.05, 0) is 65.0 Å². The van der Waals surface area contributed by atoms with E-state index < -0.39 is 0 Å². The quantitative estimate of drug-likeness (QED) is 0.841. The van der Waals surface area contributed by atoms with Crippen LogP contribution in [0, 0.1) is 13.8 Å². The van der Waals surface area contributed by atoms with Gasteiger partial charge >= 0.3 is 0 Å². The molecule has 0 saturated carbocycles. The number of hydrogen-bond acceptors (Lipinski definition) is 1. The molecule has 0 heterocycles. The van der Waals surface area contributed by atoms with Crippen molar-refractivity contribution in [1.82, 2.24) is 0 Å². The molecule has 0 amide bonds. The average molecular weight is 339 g/mol. The Hall–Kier alpha value is -0.830. The third-order valence-electron chi connectivity index (χ3n) is 3.32. The number of benzene rings is 2. The number of hydrogen-bond donors (Lipinski definition) is 1. The van der Waals surface area contributed by atoms with Crippen LogP contribution in [0.1, 0.15) is 28.3 Å². The normalized spacial score (nSPS) is 12.5. The van der Waals surface area contributed by atoms with Crippen molar-refractivity contribution in [3.05, 3.63) is 68.1 Å². The highest BCUT2D eigenvalue weighted by Gasteiger charge is 2.10. The lowest BCUT2D eigenvalue weighted by atomic mass is 9.95. The second kappa shape index (κ2) is 6.08. The first-order valence-corrected chi connectivity index (χ1v) is 7.41. The summed E-state index contributed by atoms with van der Waals surface area (Å²) in [6.45, 7) is 4.22. The second-order valence-corrected chi connectivity index (χ2v) is 6.18. The molecular formula is C16H17BrClN. The number of nitrogens with two attached hydrogens (primary N) is 1. The van der Waals surface area contributed by atoms with Gasteiger partial charge in [-0.1, -0.05) is 41.4 Å². The standard InChI is InChI=1S/C16H17BrClN/c1-10-3-4-11(2)13(7-10)9-16(19)12-5-6-14(17)15(18)8-12/h3-8,16H,9,19H2,1-2H3. The van der Waals surface area contributed by atoms with Gasteiger partial charge in [0.2, 0.25) is 0 Å². The predicted octanol–water partition coefficient (Wildman–Crippen LogP) is 4.96. The molecule has 100 valence electrons. The molecule has 2 N–H and O–H groups in total. The summed E-state index contributed by atoms with van der Waals surface area (Å²) >= 11 is 9.51. The number of rotatable bonds is 3. The molecule has 1 atom stereocenters. The van der Waals surface area contributed by atoms with Crippen molar-refractivity contribution in [1.29, 1.82) is 0 Å². The van der Waals surface area contributed by atoms with Crippen LogP contribution in [0.4, 0.5) is 0 Å². The van der Waals surface area contributed by atoms with Gasteiger partial charge in [-0.25, -0.2) is 0 Å². The van der Waals surface area contributed by atoms with E-state index in [1.54, 1.807) is 0 Å². The molecule has 0 aromatic heterocycles. The topological polar surface area (TPSA) is 26.0 Å². The predicted molar refractivity (Wildman–Crippen MR) is 85.7 cm³/mol. The molecule has 2 aromatic carbocycles. The summed E-state index contributed by atoms with van der Waals surface area (Å²) < 4.78 is 0.900. The van der Waals surface area contributed by atoms with Crippen LogP contribution in [0.3, 0.4) is 0 Å². The lowest BCUT2D eigenvalue weighted by molar-refractivity contribution is 0.718. The van der Waals surface area contributed by atoms with Gasteiger partial charge in [0, 0.05) is 10.5 Å². The molecule has 1 unspecified atom stereocenters. The summed E-state index contributed by atoms with van der Waals surface area (Å²) in [5.41, 5.74) is 11.2. The van der Waals surface area contributed by atoms with Crippen molar-refractivity contribution >= 4 is 27.5 Å². The summed E-state index contributed by atoms with van der Waals surface area (Å²) in [5.74, 6) is 0. The van der Waals surface area contributed by atoms with Crippen LogP contribution in [0.2, 0.25) is 5.02 Å². The van der Waals surface area contributed by atoms with Crippen molar-refractivity contribution in [2.75, 3.05) is 0 Å². The van der Waals surface area contributed by atoms with Crippen molar-refractivity contribution in [3.63, 3.8) is 0 Å². The summed E-state index contributed by atoms with van der Waals surface area (Å²) in [6.07, 6.45) is 0.825. The van der Waals surface area contributed by atoms with E-state index in [9.17, 15) is 0 Å². The summed E-state index contributed by atoms with van der Waals surface area (Å²) in [5, 5.41) is 0.703. The first-order chi connectivity index (χ1) is 8.97. The van der Waals surface area contributed by atoms with E-state index in [0.29, 0.717) is 5.02 Å². The molecule has 0 aliphatic rings. The highest BCUT2D eigenvalue weighted by atomic mass is 79.9. The Morgan fingerprint density at radius 1 is 1.16 bits per heavy atom. The molecule has 2 aromatic rings. The molecule has 0 saturated heterocycles. The van der Waals surface area contributed by atoms with Crippen LogP contribution in [-0.2, 0) is 6.42 Å². The van der Waals surface area contributed by atoms with Gasteiger partial charge in [0.1, 0.15) is 0 Å². The van der Waals surface area contributed by atoms with Crippen molar-refractivity contribution < 1.29 is 0 Å². The SMILES string of the molecule is Cc1ccc(C)c(CC(N)c2ccc(Br)c(Cl)c2)c1. The van der Waals surface area contributed by atoms with Crippen LogP contribution < -0.4 is 5.73 Å². The highest BCUT2D eigenvalue weighted by Crippen LogP contribution is 2.27. The zero-order valence-electron chi connectivity index (χ0n) is 11.1. The highest BCUT2D eigenvalue weighted by molar-refractivity contribution is 9.10. The fourth-order valence-corrected chi connectivity index (χ4v) is 2.55. The molecule has 2 rings (SSSR count). The average Bonchev–Trinajstić information content (AvgIpc) is 2.37. The molecule has 0 aliphatic heterocycles. The van der Waals surface area contributed by atoms with Gasteiger partial charge in [-0.2, -0.15) is 0 Å². The minimum atomic E-state index is -0.0360. The lowest BCUT2D eigenvalue weighted by Crippen LogP contribution is -2.14. The largest absolute Gasteiger partial charge is 0.324 e. The molecule has 0 spiro atoms. The Bertz CT molecular complexity index is 595. The van der Waals surface area contributed by atoms with Crippen LogP contribution >= 0.6 is 27.5 Å². The zero-order chi connectivity index (χ0) is 14.0. The molecule has 1 nitrogen and oxygen atoms in total. The number of aryl methyl sites for hydroxylation is 2. The minimum absolute atomic E-state index is 0.0360. The molecule has 0 aliphatic carbocycles. The monoisotopic (exact) mass is 337 g/mol.